The van der Waals surface area contributed by atoms with E-state index in [9.17, 15) is 4.79 Å². The highest BCUT2D eigenvalue weighted by atomic mass is 16.5. The second kappa shape index (κ2) is 4.65. The van der Waals surface area contributed by atoms with Crippen LogP contribution in [0.15, 0.2) is 18.2 Å². The van der Waals surface area contributed by atoms with Crippen LogP contribution in [0.25, 0.3) is 0 Å². The second-order valence-electron chi connectivity index (χ2n) is 4.74. The lowest BCUT2D eigenvalue weighted by molar-refractivity contribution is -0.121. The van der Waals surface area contributed by atoms with Crippen LogP contribution < -0.4 is 15.4 Å². The SMILES string of the molecule is CC(C)CCN1C(=O)COc2ccc(N)cc21. The summed E-state index contributed by atoms with van der Waals surface area (Å²) in [5.41, 5.74) is 7.20. The molecule has 1 amide bonds. The molecule has 4 nitrogen and oxygen atoms in total. The molecule has 0 saturated carbocycles. The van der Waals surface area contributed by atoms with Gasteiger partial charge >= 0.3 is 0 Å². The van der Waals surface area contributed by atoms with Gasteiger partial charge in [0.2, 0.25) is 0 Å². The molecule has 0 fully saturated rings. The van der Waals surface area contributed by atoms with Gasteiger partial charge in [-0.1, -0.05) is 13.8 Å². The summed E-state index contributed by atoms with van der Waals surface area (Å²) in [6.07, 6.45) is 0.972. The van der Waals surface area contributed by atoms with Crippen LogP contribution in [0.2, 0.25) is 0 Å². The highest BCUT2D eigenvalue weighted by Gasteiger charge is 2.25. The summed E-state index contributed by atoms with van der Waals surface area (Å²) < 4.78 is 5.38. The van der Waals surface area contributed by atoms with Crippen molar-refractivity contribution in [2.24, 2.45) is 5.92 Å². The lowest BCUT2D eigenvalue weighted by atomic mass is 10.1. The molecular weight excluding hydrogens is 216 g/mol. The Balaban J connectivity index is 2.26. The van der Waals surface area contributed by atoms with E-state index in [0.717, 1.165) is 24.4 Å². The highest BCUT2D eigenvalue weighted by Crippen LogP contribution is 2.33. The number of benzene rings is 1. The first-order chi connectivity index (χ1) is 8.08. The van der Waals surface area contributed by atoms with Gasteiger partial charge < -0.3 is 15.4 Å². The van der Waals surface area contributed by atoms with Crippen molar-refractivity contribution in [3.05, 3.63) is 18.2 Å². The van der Waals surface area contributed by atoms with Gasteiger partial charge in [0, 0.05) is 12.2 Å². The summed E-state index contributed by atoms with van der Waals surface area (Å²) in [6, 6.07) is 5.40. The number of nitrogens with two attached hydrogens (primary N) is 1. The fourth-order valence-corrected chi connectivity index (χ4v) is 1.85. The molecule has 4 heteroatoms. The Morgan fingerprint density at radius 1 is 1.47 bits per heavy atom. The van der Waals surface area contributed by atoms with E-state index in [-0.39, 0.29) is 12.5 Å². The van der Waals surface area contributed by atoms with Crippen LogP contribution in [0.4, 0.5) is 11.4 Å². The van der Waals surface area contributed by atoms with Crippen molar-refractivity contribution >= 4 is 17.3 Å². The van der Waals surface area contributed by atoms with Gasteiger partial charge in [-0.05, 0) is 30.5 Å². The van der Waals surface area contributed by atoms with Gasteiger partial charge in [-0.15, -0.1) is 0 Å². The molecule has 0 unspecified atom stereocenters. The molecule has 0 aromatic heterocycles. The normalized spacial score (nSPS) is 14.8. The van der Waals surface area contributed by atoms with Crippen LogP contribution in [-0.4, -0.2) is 19.1 Å². The minimum atomic E-state index is 0.00347. The number of hydrogen-bond donors (Lipinski definition) is 1. The Kier molecular flexibility index (Phi) is 3.22. The number of carbonyl (C=O) groups is 1. The lowest BCUT2D eigenvalue weighted by Crippen LogP contribution is -2.39. The Labute approximate surface area is 101 Å². The maximum Gasteiger partial charge on any atom is 0.265 e. The minimum absolute atomic E-state index is 0.00347. The molecule has 92 valence electrons. The Bertz CT molecular complexity index is 429. The van der Waals surface area contributed by atoms with Crippen molar-refractivity contribution < 1.29 is 9.53 Å². The first kappa shape index (κ1) is 11.8. The van der Waals surface area contributed by atoms with Gasteiger partial charge in [0.05, 0.1) is 5.69 Å². The summed E-state index contributed by atoms with van der Waals surface area (Å²) in [4.78, 5) is 13.6. The summed E-state index contributed by atoms with van der Waals surface area (Å²) >= 11 is 0. The maximum absolute atomic E-state index is 11.8. The van der Waals surface area contributed by atoms with Crippen molar-refractivity contribution in [3.63, 3.8) is 0 Å². The number of anilines is 2. The molecule has 1 aromatic carbocycles. The standard InChI is InChI=1S/C13H18N2O2/c1-9(2)5-6-15-11-7-10(14)3-4-12(11)17-8-13(15)16/h3-4,7,9H,5-6,8,14H2,1-2H3. The average Bonchev–Trinajstić information content (AvgIpc) is 2.27. The van der Waals surface area contributed by atoms with Gasteiger partial charge in [-0.3, -0.25) is 4.79 Å². The second-order valence-corrected chi connectivity index (χ2v) is 4.74. The summed E-state index contributed by atoms with van der Waals surface area (Å²) in [5.74, 6) is 1.31. The van der Waals surface area contributed by atoms with E-state index in [4.69, 9.17) is 10.5 Å². The van der Waals surface area contributed by atoms with E-state index in [2.05, 4.69) is 13.8 Å². The molecule has 0 bridgehead atoms. The number of ether oxygens (including phenoxy) is 1. The number of amides is 1. The Morgan fingerprint density at radius 2 is 2.24 bits per heavy atom. The van der Waals surface area contributed by atoms with Crippen LogP contribution in [0, 0.1) is 5.92 Å². The van der Waals surface area contributed by atoms with E-state index in [1.165, 1.54) is 0 Å². The zero-order chi connectivity index (χ0) is 12.4. The molecule has 0 saturated heterocycles. The van der Waals surface area contributed by atoms with Crippen molar-refractivity contribution in [3.8, 4) is 5.75 Å². The molecule has 0 aliphatic carbocycles. The van der Waals surface area contributed by atoms with Crippen LogP contribution in [0.5, 0.6) is 5.75 Å². The molecule has 0 spiro atoms. The molecule has 0 radical (unpaired) electrons. The third-order valence-electron chi connectivity index (χ3n) is 2.86. The van der Waals surface area contributed by atoms with Crippen molar-refractivity contribution in [2.45, 2.75) is 20.3 Å². The fourth-order valence-electron chi connectivity index (χ4n) is 1.85. The summed E-state index contributed by atoms with van der Waals surface area (Å²) in [6.45, 7) is 5.13. The van der Waals surface area contributed by atoms with E-state index < -0.39 is 0 Å². The van der Waals surface area contributed by atoms with E-state index >= 15 is 0 Å². The number of fused-ring (bicyclic) bond motifs is 1. The molecule has 1 aliphatic heterocycles. The van der Waals surface area contributed by atoms with Crippen LogP contribution in [0.1, 0.15) is 20.3 Å². The van der Waals surface area contributed by atoms with E-state index in [1.807, 2.05) is 6.07 Å². The number of carbonyl (C=O) groups excluding carboxylic acids is 1. The quantitative estimate of drug-likeness (QED) is 0.814. The maximum atomic E-state index is 11.8. The first-order valence-corrected chi connectivity index (χ1v) is 5.90. The molecular formula is C13H18N2O2. The van der Waals surface area contributed by atoms with Gasteiger partial charge in [-0.2, -0.15) is 0 Å². The smallest absolute Gasteiger partial charge is 0.265 e. The highest BCUT2D eigenvalue weighted by molar-refractivity contribution is 5.98. The van der Waals surface area contributed by atoms with Crippen molar-refractivity contribution in [1.82, 2.24) is 0 Å². The predicted molar refractivity (Wildman–Crippen MR) is 68.2 cm³/mol. The molecule has 1 heterocycles. The van der Waals surface area contributed by atoms with Crippen LogP contribution in [0.3, 0.4) is 0 Å². The predicted octanol–water partition coefficient (Wildman–Crippen LogP) is 2.04. The van der Waals surface area contributed by atoms with Crippen molar-refractivity contribution in [1.29, 1.82) is 0 Å². The minimum Gasteiger partial charge on any atom is -0.482 e. The van der Waals surface area contributed by atoms with Gasteiger partial charge in [0.1, 0.15) is 5.75 Å². The van der Waals surface area contributed by atoms with Gasteiger partial charge in [0.15, 0.2) is 6.61 Å². The Morgan fingerprint density at radius 3 is 2.94 bits per heavy atom. The molecule has 17 heavy (non-hydrogen) atoms. The average molecular weight is 234 g/mol. The zero-order valence-electron chi connectivity index (χ0n) is 10.3. The number of nitrogen functional groups attached to an aromatic ring is 1. The third-order valence-corrected chi connectivity index (χ3v) is 2.86. The molecule has 2 N–H and O–H groups in total. The number of rotatable bonds is 3. The van der Waals surface area contributed by atoms with Crippen LogP contribution in [-0.2, 0) is 4.79 Å². The van der Waals surface area contributed by atoms with E-state index in [1.54, 1.807) is 17.0 Å². The molecule has 2 rings (SSSR count). The van der Waals surface area contributed by atoms with Gasteiger partial charge in [0.25, 0.3) is 5.91 Å². The largest absolute Gasteiger partial charge is 0.482 e. The zero-order valence-corrected chi connectivity index (χ0v) is 10.3. The Hall–Kier alpha value is -1.71. The first-order valence-electron chi connectivity index (χ1n) is 5.90. The fraction of sp³-hybridized carbons (Fsp3) is 0.462. The summed E-state index contributed by atoms with van der Waals surface area (Å²) in [5, 5.41) is 0. The number of hydrogen-bond acceptors (Lipinski definition) is 3. The monoisotopic (exact) mass is 234 g/mol. The third kappa shape index (κ3) is 2.52. The van der Waals surface area contributed by atoms with Crippen molar-refractivity contribution in [2.75, 3.05) is 23.8 Å². The lowest BCUT2D eigenvalue weighted by Gasteiger charge is -2.30. The molecule has 1 aromatic rings. The van der Waals surface area contributed by atoms with Gasteiger partial charge in [-0.25, -0.2) is 0 Å². The summed E-state index contributed by atoms with van der Waals surface area (Å²) in [7, 11) is 0. The molecule has 1 aliphatic rings. The topological polar surface area (TPSA) is 55.6 Å². The van der Waals surface area contributed by atoms with E-state index in [0.29, 0.717) is 11.6 Å². The number of nitrogens with zero attached hydrogens (tertiary/aromatic N) is 1. The molecule has 0 atom stereocenters. The van der Waals surface area contributed by atoms with Crippen LogP contribution >= 0.6 is 0 Å².